The number of ether oxygens (including phenoxy) is 6. The Kier molecular flexibility index (Phi) is 14.9. The minimum absolute atomic E-state index is 0.200. The van der Waals surface area contributed by atoms with Crippen molar-refractivity contribution in [1.29, 1.82) is 0 Å². The van der Waals surface area contributed by atoms with Crippen LogP contribution in [-0.2, 0) is 52.4 Å². The van der Waals surface area contributed by atoms with E-state index in [0.717, 1.165) is 6.42 Å². The van der Waals surface area contributed by atoms with Gasteiger partial charge in [-0.15, -0.1) is 0 Å². The number of esters is 4. The Morgan fingerprint density at radius 2 is 1.11 bits per heavy atom. The lowest BCUT2D eigenvalue weighted by Crippen LogP contribution is -2.64. The molecule has 0 saturated carbocycles. The first kappa shape index (κ1) is 42.3. The van der Waals surface area contributed by atoms with E-state index < -0.39 is 101 Å². The molecule has 1 rings (SSSR count). The van der Waals surface area contributed by atoms with Gasteiger partial charge in [-0.05, 0) is 95.4 Å². The SMILES string of the molecule is CCCC[C@@H](O[C@@H]1O[C@H](COC(=O)C(C)(C)C)[C@@H](OC(=O)C(C)(C)C)[C@H](OC(=O)C(C)(C)C)[C@H]1OC(=O)C(C)(C)C)[C@@H](C)CC(=O)O. The average Bonchev–Trinajstić information content (AvgIpc) is 2.89. The second kappa shape index (κ2) is 16.6. The van der Waals surface area contributed by atoms with Crippen molar-refractivity contribution in [2.75, 3.05) is 6.61 Å². The quantitative estimate of drug-likeness (QED) is 0.184. The van der Waals surface area contributed by atoms with Crippen LogP contribution < -0.4 is 0 Å². The molecule has 12 nitrogen and oxygen atoms in total. The number of carbonyl (C=O) groups is 5. The number of rotatable bonds is 13. The zero-order valence-corrected chi connectivity index (χ0v) is 31.0. The summed E-state index contributed by atoms with van der Waals surface area (Å²) in [5.41, 5.74) is -3.88. The van der Waals surface area contributed by atoms with Crippen LogP contribution in [0, 0.1) is 27.6 Å². The van der Waals surface area contributed by atoms with E-state index in [1.165, 1.54) is 0 Å². The van der Waals surface area contributed by atoms with Gasteiger partial charge in [0.2, 0.25) is 0 Å². The maximum Gasteiger partial charge on any atom is 0.311 e. The average molecular weight is 673 g/mol. The Morgan fingerprint density at radius 1 is 0.681 bits per heavy atom. The van der Waals surface area contributed by atoms with Gasteiger partial charge in [0.15, 0.2) is 24.6 Å². The van der Waals surface area contributed by atoms with E-state index in [1.54, 1.807) is 90.0 Å². The van der Waals surface area contributed by atoms with Crippen molar-refractivity contribution >= 4 is 29.8 Å². The second-order valence-corrected chi connectivity index (χ2v) is 16.6. The third-order valence-electron chi connectivity index (χ3n) is 7.43. The van der Waals surface area contributed by atoms with E-state index >= 15 is 0 Å². The molecule has 0 aromatic rings. The molecule has 1 heterocycles. The van der Waals surface area contributed by atoms with E-state index in [2.05, 4.69) is 0 Å². The summed E-state index contributed by atoms with van der Waals surface area (Å²) >= 11 is 0. The van der Waals surface area contributed by atoms with Crippen molar-refractivity contribution in [2.45, 2.75) is 159 Å². The van der Waals surface area contributed by atoms with Crippen molar-refractivity contribution in [2.24, 2.45) is 27.6 Å². The molecule has 1 fully saturated rings. The second-order valence-electron chi connectivity index (χ2n) is 16.6. The molecule has 1 N–H and O–H groups in total. The molecule has 0 aromatic heterocycles. The zero-order valence-electron chi connectivity index (χ0n) is 31.0. The lowest BCUT2D eigenvalue weighted by molar-refractivity contribution is -0.323. The van der Waals surface area contributed by atoms with Gasteiger partial charge in [0, 0.05) is 0 Å². The molecule has 0 aliphatic carbocycles. The number of carboxylic acid groups (broad SMARTS) is 1. The molecule has 0 spiro atoms. The van der Waals surface area contributed by atoms with Crippen LogP contribution in [0.15, 0.2) is 0 Å². The van der Waals surface area contributed by atoms with Gasteiger partial charge in [-0.2, -0.15) is 0 Å². The summed E-state index contributed by atoms with van der Waals surface area (Å²) in [4.78, 5) is 64.7. The zero-order chi connectivity index (χ0) is 36.7. The fourth-order valence-electron chi connectivity index (χ4n) is 4.27. The Morgan fingerprint density at radius 3 is 1.51 bits per heavy atom. The molecule has 0 amide bonds. The molecule has 0 unspecified atom stereocenters. The molecule has 0 radical (unpaired) electrons. The van der Waals surface area contributed by atoms with Crippen molar-refractivity contribution in [3.63, 3.8) is 0 Å². The maximum absolute atomic E-state index is 13.5. The molecule has 272 valence electrons. The van der Waals surface area contributed by atoms with E-state index in [4.69, 9.17) is 28.4 Å². The summed E-state index contributed by atoms with van der Waals surface area (Å²) in [7, 11) is 0. The fourth-order valence-corrected chi connectivity index (χ4v) is 4.27. The Hall–Kier alpha value is -2.73. The van der Waals surface area contributed by atoms with E-state index in [1.807, 2.05) is 6.92 Å². The Labute approximate surface area is 280 Å². The van der Waals surface area contributed by atoms with E-state index in [0.29, 0.717) is 12.8 Å². The largest absolute Gasteiger partial charge is 0.481 e. The van der Waals surface area contributed by atoms with Gasteiger partial charge in [-0.3, -0.25) is 24.0 Å². The summed E-state index contributed by atoms with van der Waals surface area (Å²) in [6.45, 7) is 23.2. The number of carbonyl (C=O) groups excluding carboxylic acids is 4. The summed E-state index contributed by atoms with van der Waals surface area (Å²) in [6.07, 6.45) is -5.82. The number of hydrogen-bond acceptors (Lipinski definition) is 11. The van der Waals surface area contributed by atoms with Gasteiger partial charge in [0.25, 0.3) is 0 Å². The summed E-state index contributed by atoms with van der Waals surface area (Å²) in [5.74, 6) is -4.06. The number of carboxylic acids is 1. The molecular formula is C35H60O12. The Bertz CT molecular complexity index is 1090. The van der Waals surface area contributed by atoms with E-state index in [-0.39, 0.29) is 6.42 Å². The van der Waals surface area contributed by atoms with Gasteiger partial charge >= 0.3 is 29.8 Å². The van der Waals surface area contributed by atoms with Crippen LogP contribution in [0.25, 0.3) is 0 Å². The summed E-state index contributed by atoms with van der Waals surface area (Å²) in [6, 6.07) is 0. The molecule has 1 saturated heterocycles. The first-order valence-corrected chi connectivity index (χ1v) is 16.5. The van der Waals surface area contributed by atoms with Crippen molar-refractivity contribution < 1.29 is 57.5 Å². The van der Waals surface area contributed by atoms with Crippen molar-refractivity contribution in [1.82, 2.24) is 0 Å². The lowest BCUT2D eigenvalue weighted by Gasteiger charge is -2.46. The van der Waals surface area contributed by atoms with Gasteiger partial charge in [0.1, 0.15) is 12.7 Å². The number of hydrogen-bond donors (Lipinski definition) is 1. The molecular weight excluding hydrogens is 612 g/mol. The highest BCUT2D eigenvalue weighted by Gasteiger charge is 2.55. The fraction of sp³-hybridized carbons (Fsp3) is 0.857. The predicted molar refractivity (Wildman–Crippen MR) is 173 cm³/mol. The third-order valence-corrected chi connectivity index (χ3v) is 7.43. The van der Waals surface area contributed by atoms with Crippen LogP contribution in [0.2, 0.25) is 0 Å². The first-order chi connectivity index (χ1) is 21.2. The number of unbranched alkanes of at least 4 members (excludes halogenated alkanes) is 1. The maximum atomic E-state index is 13.5. The molecule has 0 bridgehead atoms. The molecule has 7 atom stereocenters. The molecule has 1 aliphatic heterocycles. The molecule has 12 heteroatoms. The number of aliphatic carboxylic acids is 1. The van der Waals surface area contributed by atoms with Gasteiger partial charge in [-0.1, -0.05) is 26.7 Å². The van der Waals surface area contributed by atoms with E-state index in [9.17, 15) is 29.1 Å². The van der Waals surface area contributed by atoms with Crippen LogP contribution in [-0.4, -0.2) is 78.4 Å². The summed E-state index contributed by atoms with van der Waals surface area (Å²) in [5, 5.41) is 9.55. The minimum atomic E-state index is -1.45. The molecule has 0 aromatic carbocycles. The Balaban J connectivity index is 3.91. The minimum Gasteiger partial charge on any atom is -0.481 e. The van der Waals surface area contributed by atoms with Crippen molar-refractivity contribution in [3.05, 3.63) is 0 Å². The topological polar surface area (TPSA) is 161 Å². The van der Waals surface area contributed by atoms with Crippen LogP contribution in [0.3, 0.4) is 0 Å². The first-order valence-electron chi connectivity index (χ1n) is 16.5. The third kappa shape index (κ3) is 13.4. The summed E-state index contributed by atoms with van der Waals surface area (Å²) < 4.78 is 36.5. The normalized spacial score (nSPS) is 23.7. The van der Waals surface area contributed by atoms with Crippen LogP contribution >= 0.6 is 0 Å². The van der Waals surface area contributed by atoms with Crippen LogP contribution in [0.5, 0.6) is 0 Å². The molecule has 1 aliphatic rings. The van der Waals surface area contributed by atoms with Gasteiger partial charge in [0.05, 0.1) is 34.2 Å². The van der Waals surface area contributed by atoms with Gasteiger partial charge in [-0.25, -0.2) is 0 Å². The highest BCUT2D eigenvalue weighted by molar-refractivity contribution is 5.78. The smallest absolute Gasteiger partial charge is 0.311 e. The van der Waals surface area contributed by atoms with Crippen molar-refractivity contribution in [3.8, 4) is 0 Å². The monoisotopic (exact) mass is 672 g/mol. The van der Waals surface area contributed by atoms with Crippen LogP contribution in [0.1, 0.15) is 123 Å². The molecule has 47 heavy (non-hydrogen) atoms. The highest BCUT2D eigenvalue weighted by atomic mass is 16.7. The van der Waals surface area contributed by atoms with Crippen LogP contribution in [0.4, 0.5) is 0 Å². The lowest BCUT2D eigenvalue weighted by atomic mass is 9.92. The standard InChI is InChI=1S/C35H60O12/c1-15-16-17-21(20(2)18-23(36)37)43-27-26(47-31(41)35(12,13)14)25(46-30(40)34(9,10)11)24(45-29(39)33(6,7)8)22(44-27)19-42-28(38)32(3,4)5/h20-22,24-27H,15-19H2,1-14H3,(H,36,37)/t20-,21+,22+,24+,25-,26+,27+/m0/s1. The highest BCUT2D eigenvalue weighted by Crippen LogP contribution is 2.36. The predicted octanol–water partition coefficient (Wildman–Crippen LogP) is 5.86. The van der Waals surface area contributed by atoms with Gasteiger partial charge < -0.3 is 33.5 Å².